The van der Waals surface area contributed by atoms with E-state index in [1.165, 1.54) is 0 Å². The van der Waals surface area contributed by atoms with Gasteiger partial charge in [0.05, 0.1) is 0 Å². The molecule has 0 radical (unpaired) electrons. The lowest BCUT2D eigenvalue weighted by molar-refractivity contribution is 0.253. The Morgan fingerprint density at radius 1 is 1.47 bits per heavy atom. The average Bonchev–Trinajstić information content (AvgIpc) is 2.28. The van der Waals surface area contributed by atoms with Crippen LogP contribution in [-0.4, -0.2) is 12.6 Å². The molecule has 1 aromatic rings. The van der Waals surface area contributed by atoms with Gasteiger partial charge in [0, 0.05) is 12.2 Å². The Hall–Kier alpha value is -1.77. The highest BCUT2D eigenvalue weighted by atomic mass is 16.2. The van der Waals surface area contributed by atoms with Gasteiger partial charge < -0.3 is 10.6 Å². The van der Waals surface area contributed by atoms with Crippen LogP contribution in [0, 0.1) is 6.92 Å². The lowest BCUT2D eigenvalue weighted by Gasteiger charge is -2.16. The molecule has 0 saturated carbocycles. The summed E-state index contributed by atoms with van der Waals surface area (Å²) in [6.45, 7) is 10.2. The van der Waals surface area contributed by atoms with E-state index in [2.05, 4.69) is 31.1 Å². The maximum atomic E-state index is 11.6. The average molecular weight is 232 g/mol. The van der Waals surface area contributed by atoms with Crippen molar-refractivity contribution in [3.05, 3.63) is 42.0 Å². The van der Waals surface area contributed by atoms with Gasteiger partial charge in [0.2, 0.25) is 0 Å². The Kier molecular flexibility index (Phi) is 4.76. The lowest BCUT2D eigenvalue weighted by atomic mass is 9.98. The highest BCUT2D eigenvalue weighted by molar-refractivity contribution is 5.91. The summed E-state index contributed by atoms with van der Waals surface area (Å²) in [6.07, 6.45) is 1.65. The molecule has 0 unspecified atom stereocenters. The van der Waals surface area contributed by atoms with E-state index in [1.807, 2.05) is 25.1 Å². The van der Waals surface area contributed by atoms with Crippen molar-refractivity contribution in [3.63, 3.8) is 0 Å². The summed E-state index contributed by atoms with van der Waals surface area (Å²) in [5.41, 5.74) is 3.13. The summed E-state index contributed by atoms with van der Waals surface area (Å²) in [4.78, 5) is 11.6. The fraction of sp³-hybridized carbons (Fsp3) is 0.357. The van der Waals surface area contributed by atoms with E-state index in [-0.39, 0.29) is 6.03 Å². The van der Waals surface area contributed by atoms with Gasteiger partial charge in [0.1, 0.15) is 0 Å². The van der Waals surface area contributed by atoms with E-state index < -0.39 is 0 Å². The van der Waals surface area contributed by atoms with E-state index in [0.29, 0.717) is 12.5 Å². The van der Waals surface area contributed by atoms with Crippen LogP contribution in [0.4, 0.5) is 10.5 Å². The van der Waals surface area contributed by atoms with E-state index in [4.69, 9.17) is 0 Å². The van der Waals surface area contributed by atoms with Crippen LogP contribution < -0.4 is 10.6 Å². The van der Waals surface area contributed by atoms with Gasteiger partial charge >= 0.3 is 6.03 Å². The summed E-state index contributed by atoms with van der Waals surface area (Å²) in [6, 6.07) is 5.86. The van der Waals surface area contributed by atoms with Crippen molar-refractivity contribution in [2.45, 2.75) is 26.7 Å². The van der Waals surface area contributed by atoms with Gasteiger partial charge in [-0.2, -0.15) is 0 Å². The fourth-order valence-corrected chi connectivity index (χ4v) is 1.66. The first kappa shape index (κ1) is 13.3. The second kappa shape index (κ2) is 6.09. The molecule has 3 nitrogen and oxygen atoms in total. The van der Waals surface area contributed by atoms with Crippen LogP contribution in [-0.2, 0) is 0 Å². The van der Waals surface area contributed by atoms with Crippen molar-refractivity contribution < 1.29 is 4.79 Å². The van der Waals surface area contributed by atoms with Crippen LogP contribution in [0.15, 0.2) is 30.9 Å². The molecule has 0 saturated heterocycles. The summed E-state index contributed by atoms with van der Waals surface area (Å²) < 4.78 is 0. The first-order valence-electron chi connectivity index (χ1n) is 5.81. The molecule has 2 N–H and O–H groups in total. The number of aryl methyl sites for hydroxylation is 1. The number of para-hydroxylation sites is 1. The minimum Gasteiger partial charge on any atom is -0.334 e. The zero-order valence-corrected chi connectivity index (χ0v) is 10.7. The molecule has 0 fully saturated rings. The van der Waals surface area contributed by atoms with Crippen LogP contribution in [0.25, 0.3) is 0 Å². The van der Waals surface area contributed by atoms with Crippen molar-refractivity contribution in [2.24, 2.45) is 0 Å². The van der Waals surface area contributed by atoms with Gasteiger partial charge in [-0.3, -0.25) is 0 Å². The van der Waals surface area contributed by atoms with Crippen LogP contribution in [0.5, 0.6) is 0 Å². The molecule has 0 heterocycles. The molecule has 0 aliphatic rings. The predicted octanol–water partition coefficient (Wildman–Crippen LogP) is 3.43. The molecule has 0 spiro atoms. The Bertz CT molecular complexity index is 411. The molecule has 1 rings (SSSR count). The quantitative estimate of drug-likeness (QED) is 0.767. The third-order valence-electron chi connectivity index (χ3n) is 2.57. The minimum atomic E-state index is -0.193. The third-order valence-corrected chi connectivity index (χ3v) is 2.57. The van der Waals surface area contributed by atoms with Gasteiger partial charge in [0.15, 0.2) is 0 Å². The monoisotopic (exact) mass is 232 g/mol. The third kappa shape index (κ3) is 3.63. The number of hydrogen-bond donors (Lipinski definition) is 2. The molecule has 0 aliphatic carbocycles. The molecule has 92 valence electrons. The topological polar surface area (TPSA) is 41.1 Å². The van der Waals surface area contributed by atoms with Crippen LogP contribution in [0.2, 0.25) is 0 Å². The highest BCUT2D eigenvalue weighted by Crippen LogP contribution is 2.27. The van der Waals surface area contributed by atoms with Crippen molar-refractivity contribution in [3.8, 4) is 0 Å². The van der Waals surface area contributed by atoms with Crippen LogP contribution in [0.1, 0.15) is 30.9 Å². The lowest BCUT2D eigenvalue weighted by Crippen LogP contribution is -2.29. The summed E-state index contributed by atoms with van der Waals surface area (Å²) in [5.74, 6) is 0.379. The largest absolute Gasteiger partial charge is 0.334 e. The number of rotatable bonds is 4. The van der Waals surface area contributed by atoms with Crippen molar-refractivity contribution >= 4 is 11.7 Å². The molecule has 0 atom stereocenters. The number of nitrogens with one attached hydrogen (secondary N) is 2. The Morgan fingerprint density at radius 2 is 2.18 bits per heavy atom. The molecule has 0 aliphatic heterocycles. The van der Waals surface area contributed by atoms with Gasteiger partial charge in [-0.25, -0.2) is 4.79 Å². The first-order chi connectivity index (χ1) is 8.06. The molecular weight excluding hydrogens is 212 g/mol. The number of carbonyl (C=O) groups is 1. The molecule has 3 heteroatoms. The maximum Gasteiger partial charge on any atom is 0.319 e. The van der Waals surface area contributed by atoms with Crippen LogP contribution in [0.3, 0.4) is 0 Å². The molecular formula is C14H20N2O. The maximum absolute atomic E-state index is 11.6. The zero-order valence-electron chi connectivity index (χ0n) is 10.7. The Labute approximate surface area is 103 Å². The normalized spacial score (nSPS) is 10.1. The number of amides is 2. The standard InChI is InChI=1S/C14H20N2O/c1-5-9-15-14(17)16-13-11(4)7-6-8-12(13)10(2)3/h5-8,10H,1,9H2,2-4H3,(H2,15,16,17). The smallest absolute Gasteiger partial charge is 0.319 e. The summed E-state index contributed by atoms with van der Waals surface area (Å²) in [5, 5.41) is 5.60. The summed E-state index contributed by atoms with van der Waals surface area (Å²) in [7, 11) is 0. The fourth-order valence-electron chi connectivity index (χ4n) is 1.66. The van der Waals surface area contributed by atoms with Gasteiger partial charge in [-0.1, -0.05) is 38.1 Å². The van der Waals surface area contributed by atoms with Crippen molar-refractivity contribution in [1.29, 1.82) is 0 Å². The zero-order chi connectivity index (χ0) is 12.8. The number of anilines is 1. The van der Waals surface area contributed by atoms with Gasteiger partial charge in [0.25, 0.3) is 0 Å². The molecule has 17 heavy (non-hydrogen) atoms. The Morgan fingerprint density at radius 3 is 2.76 bits per heavy atom. The summed E-state index contributed by atoms with van der Waals surface area (Å²) >= 11 is 0. The molecule has 2 amide bonds. The molecule has 0 bridgehead atoms. The van der Waals surface area contributed by atoms with E-state index >= 15 is 0 Å². The number of urea groups is 1. The molecule has 0 aromatic heterocycles. The molecule has 1 aromatic carbocycles. The van der Waals surface area contributed by atoms with Crippen LogP contribution >= 0.6 is 0 Å². The predicted molar refractivity (Wildman–Crippen MR) is 72.5 cm³/mol. The number of benzene rings is 1. The van der Waals surface area contributed by atoms with Crippen molar-refractivity contribution in [2.75, 3.05) is 11.9 Å². The highest BCUT2D eigenvalue weighted by Gasteiger charge is 2.11. The second-order valence-electron chi connectivity index (χ2n) is 4.32. The van der Waals surface area contributed by atoms with Gasteiger partial charge in [-0.15, -0.1) is 6.58 Å². The number of hydrogen-bond acceptors (Lipinski definition) is 1. The minimum absolute atomic E-state index is 0.193. The van der Waals surface area contributed by atoms with E-state index in [1.54, 1.807) is 6.08 Å². The van der Waals surface area contributed by atoms with E-state index in [0.717, 1.165) is 16.8 Å². The first-order valence-corrected chi connectivity index (χ1v) is 5.81. The SMILES string of the molecule is C=CCNC(=O)Nc1c(C)cccc1C(C)C. The van der Waals surface area contributed by atoms with Gasteiger partial charge in [-0.05, 0) is 24.0 Å². The van der Waals surface area contributed by atoms with E-state index in [9.17, 15) is 4.79 Å². The van der Waals surface area contributed by atoms with Crippen molar-refractivity contribution in [1.82, 2.24) is 5.32 Å². The Balaban J connectivity index is 2.88. The second-order valence-corrected chi connectivity index (χ2v) is 4.32. The number of carbonyl (C=O) groups excluding carboxylic acids is 1.